The van der Waals surface area contributed by atoms with E-state index >= 15 is 0 Å². The lowest BCUT2D eigenvalue weighted by Crippen LogP contribution is -2.32. The summed E-state index contributed by atoms with van der Waals surface area (Å²) >= 11 is 3.34. The Morgan fingerprint density at radius 1 is 1.35 bits per heavy atom. The summed E-state index contributed by atoms with van der Waals surface area (Å²) in [6, 6.07) is 2.80. The van der Waals surface area contributed by atoms with Gasteiger partial charge in [-0.15, -0.1) is 0 Å². The van der Waals surface area contributed by atoms with Crippen LogP contribution < -0.4 is 20.5 Å². The fourth-order valence-electron chi connectivity index (χ4n) is 1.20. The van der Waals surface area contributed by atoms with Gasteiger partial charge in [0.1, 0.15) is 16.0 Å². The summed E-state index contributed by atoms with van der Waals surface area (Å²) in [5, 5.41) is 2.67. The minimum Gasteiger partial charge on any atom is -0.495 e. The zero-order valence-electron chi connectivity index (χ0n) is 9.91. The highest BCUT2D eigenvalue weighted by molar-refractivity contribution is 9.10. The predicted molar refractivity (Wildman–Crippen MR) is 69.5 cm³/mol. The number of hydrogen-bond acceptors (Lipinski definition) is 4. The summed E-state index contributed by atoms with van der Waals surface area (Å²) < 4.78 is 11.0. The molecule has 3 N–H and O–H groups in total. The van der Waals surface area contributed by atoms with E-state index in [0.717, 1.165) is 0 Å². The normalized spacial score (nSPS) is 11.8. The molecule has 1 aromatic rings. The van der Waals surface area contributed by atoms with Crippen molar-refractivity contribution >= 4 is 27.5 Å². The number of carbonyl (C=O) groups is 1. The van der Waals surface area contributed by atoms with E-state index in [9.17, 15) is 4.79 Å². The van der Waals surface area contributed by atoms with Gasteiger partial charge < -0.3 is 20.5 Å². The third-order valence-electron chi connectivity index (χ3n) is 2.13. The number of halogens is 1. The standard InChI is InChI=1S/C11H15BrN2O3/c1-6(13)11(15)14-7-4-8(16-2)10(12)9(5-7)17-3/h4-6H,13H2,1-3H3,(H,14,15)/t6-/m1/s1. The highest BCUT2D eigenvalue weighted by Crippen LogP contribution is 2.37. The van der Waals surface area contributed by atoms with Gasteiger partial charge in [-0.1, -0.05) is 0 Å². The van der Waals surface area contributed by atoms with E-state index in [4.69, 9.17) is 15.2 Å². The molecule has 0 saturated heterocycles. The molecule has 1 aromatic carbocycles. The molecule has 0 radical (unpaired) electrons. The molecule has 0 saturated carbocycles. The van der Waals surface area contributed by atoms with Gasteiger partial charge in [0, 0.05) is 17.8 Å². The van der Waals surface area contributed by atoms with Gasteiger partial charge in [0.15, 0.2) is 0 Å². The van der Waals surface area contributed by atoms with Crippen LogP contribution in [0.2, 0.25) is 0 Å². The second-order valence-electron chi connectivity index (χ2n) is 3.47. The van der Waals surface area contributed by atoms with Gasteiger partial charge in [0.2, 0.25) is 5.91 Å². The molecule has 0 fully saturated rings. The summed E-state index contributed by atoms with van der Waals surface area (Å²) in [7, 11) is 3.08. The van der Waals surface area contributed by atoms with E-state index in [1.807, 2.05) is 0 Å². The third kappa shape index (κ3) is 3.34. The maximum absolute atomic E-state index is 11.5. The van der Waals surface area contributed by atoms with E-state index < -0.39 is 6.04 Å². The molecule has 0 aromatic heterocycles. The minimum atomic E-state index is -0.573. The van der Waals surface area contributed by atoms with Crippen molar-refractivity contribution in [3.63, 3.8) is 0 Å². The number of benzene rings is 1. The summed E-state index contributed by atoms with van der Waals surface area (Å²) in [4.78, 5) is 11.5. The Bertz CT molecular complexity index is 396. The topological polar surface area (TPSA) is 73.6 Å². The van der Waals surface area contributed by atoms with Crippen LogP contribution >= 0.6 is 15.9 Å². The fourth-order valence-corrected chi connectivity index (χ4v) is 1.75. The maximum Gasteiger partial charge on any atom is 0.241 e. The lowest BCUT2D eigenvalue weighted by molar-refractivity contribution is -0.117. The summed E-state index contributed by atoms with van der Waals surface area (Å²) in [5.41, 5.74) is 6.04. The van der Waals surface area contributed by atoms with Crippen molar-refractivity contribution in [2.24, 2.45) is 5.73 Å². The van der Waals surface area contributed by atoms with Crippen LogP contribution in [0, 0.1) is 0 Å². The number of methoxy groups -OCH3 is 2. The molecule has 0 heterocycles. The van der Waals surface area contributed by atoms with Crippen molar-refractivity contribution in [2.45, 2.75) is 13.0 Å². The maximum atomic E-state index is 11.5. The summed E-state index contributed by atoms with van der Waals surface area (Å²) in [6.07, 6.45) is 0. The molecular formula is C11H15BrN2O3. The Kier molecular flexibility index (Phi) is 4.77. The number of carbonyl (C=O) groups excluding carboxylic acids is 1. The largest absolute Gasteiger partial charge is 0.495 e. The molecule has 0 aliphatic carbocycles. The molecule has 0 aliphatic rings. The van der Waals surface area contributed by atoms with Gasteiger partial charge in [0.25, 0.3) is 0 Å². The molecule has 17 heavy (non-hydrogen) atoms. The van der Waals surface area contributed by atoms with Crippen LogP contribution in [0.3, 0.4) is 0 Å². The van der Waals surface area contributed by atoms with Crippen molar-refractivity contribution in [3.05, 3.63) is 16.6 Å². The molecule has 1 atom stereocenters. The highest BCUT2D eigenvalue weighted by atomic mass is 79.9. The van der Waals surface area contributed by atoms with Gasteiger partial charge >= 0.3 is 0 Å². The van der Waals surface area contributed by atoms with Crippen LogP contribution in [0.25, 0.3) is 0 Å². The van der Waals surface area contributed by atoms with Crippen molar-refractivity contribution in [1.29, 1.82) is 0 Å². The van der Waals surface area contributed by atoms with Crippen molar-refractivity contribution < 1.29 is 14.3 Å². The molecule has 0 bridgehead atoms. The first kappa shape index (κ1) is 13.8. The van der Waals surface area contributed by atoms with E-state index in [-0.39, 0.29) is 5.91 Å². The quantitative estimate of drug-likeness (QED) is 0.889. The van der Waals surface area contributed by atoms with Crippen LogP contribution in [0.15, 0.2) is 16.6 Å². The van der Waals surface area contributed by atoms with Crippen LogP contribution in [-0.2, 0) is 4.79 Å². The lowest BCUT2D eigenvalue weighted by atomic mass is 10.2. The number of anilines is 1. The van der Waals surface area contributed by atoms with Gasteiger partial charge in [-0.3, -0.25) is 4.79 Å². The van der Waals surface area contributed by atoms with Crippen molar-refractivity contribution in [3.8, 4) is 11.5 Å². The van der Waals surface area contributed by atoms with E-state index in [1.54, 1.807) is 19.1 Å². The molecule has 0 aliphatic heterocycles. The van der Waals surface area contributed by atoms with Crippen LogP contribution in [0.5, 0.6) is 11.5 Å². The Morgan fingerprint density at radius 3 is 2.18 bits per heavy atom. The van der Waals surface area contributed by atoms with Crippen LogP contribution in [-0.4, -0.2) is 26.2 Å². The van der Waals surface area contributed by atoms with Crippen molar-refractivity contribution in [1.82, 2.24) is 0 Å². The molecule has 1 amide bonds. The van der Waals surface area contributed by atoms with Crippen molar-refractivity contribution in [2.75, 3.05) is 19.5 Å². The summed E-state index contributed by atoms with van der Waals surface area (Å²) in [6.45, 7) is 1.61. The highest BCUT2D eigenvalue weighted by Gasteiger charge is 2.13. The monoisotopic (exact) mass is 302 g/mol. The van der Waals surface area contributed by atoms with Crippen LogP contribution in [0.4, 0.5) is 5.69 Å². The first-order valence-electron chi connectivity index (χ1n) is 4.97. The zero-order chi connectivity index (χ0) is 13.0. The number of ether oxygens (including phenoxy) is 2. The molecule has 6 heteroatoms. The Balaban J connectivity index is 3.05. The molecule has 94 valence electrons. The van der Waals surface area contributed by atoms with Gasteiger partial charge in [0.05, 0.1) is 20.3 Å². The second kappa shape index (κ2) is 5.88. The zero-order valence-corrected chi connectivity index (χ0v) is 11.5. The second-order valence-corrected chi connectivity index (χ2v) is 4.27. The van der Waals surface area contributed by atoms with Gasteiger partial charge in [-0.05, 0) is 22.9 Å². The minimum absolute atomic E-state index is 0.267. The molecule has 0 unspecified atom stereocenters. The SMILES string of the molecule is COc1cc(NC(=O)[C@@H](C)N)cc(OC)c1Br. The van der Waals surface area contributed by atoms with E-state index in [1.165, 1.54) is 14.2 Å². The molecule has 5 nitrogen and oxygen atoms in total. The fraction of sp³-hybridized carbons (Fsp3) is 0.364. The summed E-state index contributed by atoms with van der Waals surface area (Å²) in [5.74, 6) is 0.880. The first-order chi connectivity index (χ1) is 7.99. The predicted octanol–water partition coefficient (Wildman–Crippen LogP) is 1.75. The molecular weight excluding hydrogens is 288 g/mol. The van der Waals surface area contributed by atoms with E-state index in [0.29, 0.717) is 21.7 Å². The number of hydrogen-bond donors (Lipinski definition) is 2. The van der Waals surface area contributed by atoms with E-state index in [2.05, 4.69) is 21.2 Å². The van der Waals surface area contributed by atoms with Gasteiger partial charge in [-0.2, -0.15) is 0 Å². The smallest absolute Gasteiger partial charge is 0.241 e. The lowest BCUT2D eigenvalue weighted by Gasteiger charge is -2.13. The average molecular weight is 303 g/mol. The third-order valence-corrected chi connectivity index (χ3v) is 2.91. The first-order valence-corrected chi connectivity index (χ1v) is 5.76. The van der Waals surface area contributed by atoms with Crippen LogP contribution in [0.1, 0.15) is 6.92 Å². The Morgan fingerprint density at radius 2 is 1.82 bits per heavy atom. The molecule has 0 spiro atoms. The Hall–Kier alpha value is -1.27. The number of nitrogens with two attached hydrogens (primary N) is 1. The molecule has 1 rings (SSSR count). The number of rotatable bonds is 4. The average Bonchev–Trinajstić information content (AvgIpc) is 2.30. The number of amides is 1. The Labute approximate surface area is 108 Å². The van der Waals surface area contributed by atoms with Gasteiger partial charge in [-0.25, -0.2) is 0 Å². The number of nitrogens with one attached hydrogen (secondary N) is 1.